The van der Waals surface area contributed by atoms with E-state index < -0.39 is 11.6 Å². The Kier molecular flexibility index (Phi) is 5.55. The molecule has 3 N–H and O–H groups in total. The molecule has 1 saturated heterocycles. The average molecular weight is 400 g/mol. The smallest absolute Gasteiger partial charge is 0.300 e. The van der Waals surface area contributed by atoms with Crippen molar-refractivity contribution in [3.8, 4) is 0 Å². The highest BCUT2D eigenvalue weighted by Crippen LogP contribution is 2.28. The van der Waals surface area contributed by atoms with Gasteiger partial charge in [-0.3, -0.25) is 9.69 Å². The number of ketones is 1. The minimum atomic E-state index is -0.601. The molecule has 0 spiro atoms. The van der Waals surface area contributed by atoms with Crippen molar-refractivity contribution in [2.45, 2.75) is 25.8 Å². The Morgan fingerprint density at radius 1 is 1.17 bits per heavy atom. The van der Waals surface area contributed by atoms with Gasteiger partial charge < -0.3 is 15.5 Å². The summed E-state index contributed by atoms with van der Waals surface area (Å²) in [4.78, 5) is 18.6. The Balaban J connectivity index is 1.54. The molecule has 0 unspecified atom stereocenters. The van der Waals surface area contributed by atoms with Gasteiger partial charge in [0.25, 0.3) is 6.01 Å². The number of oxazole rings is 1. The van der Waals surface area contributed by atoms with Crippen LogP contribution in [0.4, 0.5) is 20.5 Å². The lowest BCUT2D eigenvalue weighted by molar-refractivity contribution is -0.119. The molecule has 4 rings (SSSR count). The van der Waals surface area contributed by atoms with E-state index in [1.807, 2.05) is 0 Å². The van der Waals surface area contributed by atoms with E-state index in [4.69, 9.17) is 10.2 Å². The summed E-state index contributed by atoms with van der Waals surface area (Å²) in [6.45, 7) is 2.35. The third-order valence-corrected chi connectivity index (χ3v) is 5.10. The maximum absolute atomic E-state index is 14.9. The fourth-order valence-electron chi connectivity index (χ4n) is 3.61. The van der Waals surface area contributed by atoms with Crippen molar-refractivity contribution in [3.05, 3.63) is 53.1 Å². The van der Waals surface area contributed by atoms with E-state index in [0.29, 0.717) is 23.3 Å². The van der Waals surface area contributed by atoms with Gasteiger partial charge in [0, 0.05) is 18.7 Å². The van der Waals surface area contributed by atoms with Crippen LogP contribution in [0.15, 0.2) is 34.7 Å². The van der Waals surface area contributed by atoms with Crippen LogP contribution in [0.5, 0.6) is 0 Å². The van der Waals surface area contributed by atoms with Crippen molar-refractivity contribution >= 4 is 28.6 Å². The molecule has 2 aromatic carbocycles. The monoisotopic (exact) mass is 400 g/mol. The van der Waals surface area contributed by atoms with Crippen molar-refractivity contribution < 1.29 is 18.0 Å². The number of rotatable bonds is 7. The molecule has 0 atom stereocenters. The van der Waals surface area contributed by atoms with Gasteiger partial charge in [-0.15, -0.1) is 0 Å². The third kappa shape index (κ3) is 4.28. The molecular weight excluding hydrogens is 378 g/mol. The first-order valence-electron chi connectivity index (χ1n) is 9.61. The van der Waals surface area contributed by atoms with Gasteiger partial charge in [-0.25, -0.2) is 8.78 Å². The molecule has 1 aliphatic heterocycles. The Morgan fingerprint density at radius 2 is 1.93 bits per heavy atom. The van der Waals surface area contributed by atoms with Gasteiger partial charge in [-0.1, -0.05) is 12.1 Å². The molecule has 6 nitrogen and oxygen atoms in total. The van der Waals surface area contributed by atoms with E-state index in [1.165, 1.54) is 12.1 Å². The van der Waals surface area contributed by atoms with Crippen molar-refractivity contribution in [1.82, 2.24) is 9.88 Å². The highest BCUT2D eigenvalue weighted by atomic mass is 19.1. The van der Waals surface area contributed by atoms with E-state index in [-0.39, 0.29) is 35.9 Å². The van der Waals surface area contributed by atoms with E-state index in [9.17, 15) is 13.6 Å². The number of carbonyl (C=O) groups is 1. The molecule has 29 heavy (non-hydrogen) atoms. The molecule has 0 amide bonds. The van der Waals surface area contributed by atoms with Gasteiger partial charge in [0.05, 0.1) is 6.54 Å². The van der Waals surface area contributed by atoms with Crippen LogP contribution in [0.2, 0.25) is 0 Å². The van der Waals surface area contributed by atoms with Crippen LogP contribution >= 0.6 is 0 Å². The molecular formula is C21H22F2N4O2. The highest BCUT2D eigenvalue weighted by molar-refractivity contribution is 5.85. The zero-order chi connectivity index (χ0) is 20.4. The third-order valence-electron chi connectivity index (χ3n) is 5.10. The maximum atomic E-state index is 14.9. The van der Waals surface area contributed by atoms with Crippen LogP contribution in [-0.2, 0) is 17.8 Å². The van der Waals surface area contributed by atoms with Crippen LogP contribution in [-0.4, -0.2) is 35.3 Å². The first-order valence-corrected chi connectivity index (χ1v) is 9.61. The number of fused-ring (bicyclic) bond motifs is 1. The van der Waals surface area contributed by atoms with Gasteiger partial charge >= 0.3 is 0 Å². The number of anilines is 2. The summed E-state index contributed by atoms with van der Waals surface area (Å²) in [5.41, 5.74) is 7.29. The fourth-order valence-corrected chi connectivity index (χ4v) is 3.61. The first-order chi connectivity index (χ1) is 14.0. The van der Waals surface area contributed by atoms with Crippen molar-refractivity contribution in [3.63, 3.8) is 0 Å². The number of benzene rings is 2. The summed E-state index contributed by atoms with van der Waals surface area (Å²) >= 11 is 0. The lowest BCUT2D eigenvalue weighted by Crippen LogP contribution is -2.27. The summed E-state index contributed by atoms with van der Waals surface area (Å²) in [7, 11) is 0. The normalized spacial score (nSPS) is 14.6. The number of nitrogens with zero attached hydrogens (tertiary/aromatic N) is 2. The molecule has 1 fully saturated rings. The summed E-state index contributed by atoms with van der Waals surface area (Å²) in [5, 5.41) is 2.85. The number of hydrogen-bond acceptors (Lipinski definition) is 6. The first kappa shape index (κ1) is 19.5. The van der Waals surface area contributed by atoms with Gasteiger partial charge in [-0.2, -0.15) is 4.98 Å². The number of nitrogens with one attached hydrogen (secondary N) is 1. The summed E-state index contributed by atoms with van der Waals surface area (Å²) in [5.74, 6) is -1.07. The molecule has 0 bridgehead atoms. The standard InChI is InChI=1S/C21H22F2N4O2/c22-15-5-3-14(11-24)18(10-15)26-21-25-17-6-4-13(19(23)20(17)29-21)9-16(28)12-27-7-1-2-8-27/h3-6,10H,1-2,7-9,11-12,24H2,(H,25,26). The topological polar surface area (TPSA) is 84.4 Å². The second-order valence-electron chi connectivity index (χ2n) is 7.24. The second-order valence-corrected chi connectivity index (χ2v) is 7.24. The Morgan fingerprint density at radius 3 is 2.69 bits per heavy atom. The Labute approximate surface area is 166 Å². The molecule has 0 aliphatic carbocycles. The molecule has 1 aliphatic rings. The molecule has 0 saturated carbocycles. The Bertz CT molecular complexity index is 1040. The number of likely N-dealkylation sites (tertiary alicyclic amines) is 1. The van der Waals surface area contributed by atoms with Crippen molar-refractivity contribution in [2.75, 3.05) is 25.0 Å². The quantitative estimate of drug-likeness (QED) is 0.631. The molecule has 0 radical (unpaired) electrons. The summed E-state index contributed by atoms with van der Waals surface area (Å²) in [6.07, 6.45) is 2.19. The number of hydrogen-bond donors (Lipinski definition) is 2. The second kappa shape index (κ2) is 8.26. The van der Waals surface area contributed by atoms with Crippen molar-refractivity contribution in [1.29, 1.82) is 0 Å². The minimum absolute atomic E-state index is 0.00293. The lowest BCUT2D eigenvalue weighted by atomic mass is 10.1. The zero-order valence-electron chi connectivity index (χ0n) is 15.9. The van der Waals surface area contributed by atoms with E-state index in [2.05, 4.69) is 15.2 Å². The lowest BCUT2D eigenvalue weighted by Gasteiger charge is -2.13. The van der Waals surface area contributed by atoms with Crippen LogP contribution in [0, 0.1) is 11.6 Å². The van der Waals surface area contributed by atoms with E-state index >= 15 is 0 Å². The molecule has 152 valence electrons. The molecule has 3 aromatic rings. The number of Topliss-reactive ketones (excluding diaryl/α,β-unsaturated/α-hetero) is 1. The minimum Gasteiger partial charge on any atom is -0.420 e. The van der Waals surface area contributed by atoms with Crippen molar-refractivity contribution in [2.24, 2.45) is 5.73 Å². The van der Waals surface area contributed by atoms with Crippen LogP contribution in [0.3, 0.4) is 0 Å². The number of nitrogens with two attached hydrogens (primary N) is 1. The Hall–Kier alpha value is -2.84. The molecule has 8 heteroatoms. The molecule has 1 aromatic heterocycles. The number of halogens is 2. The van der Waals surface area contributed by atoms with Gasteiger partial charge in [0.2, 0.25) is 0 Å². The zero-order valence-corrected chi connectivity index (χ0v) is 15.9. The fraction of sp³-hybridized carbons (Fsp3) is 0.333. The number of aromatic nitrogens is 1. The van der Waals surface area contributed by atoms with Crippen LogP contribution in [0.1, 0.15) is 24.0 Å². The maximum Gasteiger partial charge on any atom is 0.300 e. The summed E-state index contributed by atoms with van der Waals surface area (Å²) < 4.78 is 34.0. The average Bonchev–Trinajstić information content (AvgIpc) is 3.34. The van der Waals surface area contributed by atoms with Crippen LogP contribution in [0.25, 0.3) is 11.1 Å². The predicted molar refractivity (Wildman–Crippen MR) is 106 cm³/mol. The van der Waals surface area contributed by atoms with Crippen LogP contribution < -0.4 is 11.1 Å². The van der Waals surface area contributed by atoms with Gasteiger partial charge in [-0.05, 0) is 55.3 Å². The largest absolute Gasteiger partial charge is 0.420 e. The van der Waals surface area contributed by atoms with E-state index in [0.717, 1.165) is 25.9 Å². The van der Waals surface area contributed by atoms with Gasteiger partial charge in [0.15, 0.2) is 17.2 Å². The SMILES string of the molecule is NCc1ccc(F)cc1Nc1nc2ccc(CC(=O)CN3CCCC3)c(F)c2o1. The van der Waals surface area contributed by atoms with E-state index in [1.54, 1.807) is 18.2 Å². The molecule has 2 heterocycles. The predicted octanol–water partition coefficient (Wildman–Crippen LogP) is 3.52. The van der Waals surface area contributed by atoms with Gasteiger partial charge in [0.1, 0.15) is 11.3 Å². The summed E-state index contributed by atoms with van der Waals surface area (Å²) in [6, 6.07) is 7.34. The number of carbonyl (C=O) groups excluding carboxylic acids is 1. The highest BCUT2D eigenvalue weighted by Gasteiger charge is 2.19.